The topological polar surface area (TPSA) is 59.1 Å². The molecule has 0 unspecified atom stereocenters. The predicted molar refractivity (Wildman–Crippen MR) is 118 cm³/mol. The number of nitrogens with one attached hydrogen (secondary N) is 1. The van der Waals surface area contributed by atoms with Gasteiger partial charge in [0.2, 0.25) is 0 Å². The zero-order valence-electron chi connectivity index (χ0n) is 17.4. The van der Waals surface area contributed by atoms with Gasteiger partial charge in [-0.1, -0.05) is 30.3 Å². The van der Waals surface area contributed by atoms with Crippen LogP contribution in [0.5, 0.6) is 0 Å². The van der Waals surface area contributed by atoms with Crippen molar-refractivity contribution in [1.82, 2.24) is 14.7 Å². The fourth-order valence-corrected chi connectivity index (χ4v) is 4.34. The van der Waals surface area contributed by atoms with E-state index in [1.807, 2.05) is 6.07 Å². The summed E-state index contributed by atoms with van der Waals surface area (Å²) in [4.78, 5) is 33.7. The summed E-state index contributed by atoms with van der Waals surface area (Å²) in [6.45, 7) is 8.08. The van der Waals surface area contributed by atoms with Gasteiger partial charge < -0.3 is 20.0 Å². The molecule has 156 valence electrons. The number of anilines is 2. The maximum atomic E-state index is 12.3. The summed E-state index contributed by atoms with van der Waals surface area (Å²) < 4.78 is 0. The Balaban J connectivity index is 1.50. The molecule has 2 heterocycles. The van der Waals surface area contributed by atoms with E-state index >= 15 is 0 Å². The van der Waals surface area contributed by atoms with Crippen molar-refractivity contribution in [1.29, 1.82) is 0 Å². The van der Waals surface area contributed by atoms with Crippen molar-refractivity contribution in [3.05, 3.63) is 56.3 Å². The van der Waals surface area contributed by atoms with Gasteiger partial charge in [0.05, 0.1) is 6.04 Å². The minimum atomic E-state index is -0.371. The Morgan fingerprint density at radius 1 is 0.828 bits per heavy atom. The van der Waals surface area contributed by atoms with Crippen LogP contribution in [0.2, 0.25) is 0 Å². The molecule has 29 heavy (non-hydrogen) atoms. The maximum Gasteiger partial charge on any atom is 0.253 e. The van der Waals surface area contributed by atoms with Gasteiger partial charge in [0.1, 0.15) is 11.4 Å². The third kappa shape index (κ3) is 4.22. The lowest BCUT2D eigenvalue weighted by Gasteiger charge is -2.39. The smallest absolute Gasteiger partial charge is 0.253 e. The molecule has 0 saturated carbocycles. The lowest BCUT2D eigenvalue weighted by Crippen LogP contribution is -2.51. The molecule has 4 rings (SSSR count). The second kappa shape index (κ2) is 8.65. The van der Waals surface area contributed by atoms with Gasteiger partial charge in [-0.15, -0.1) is 0 Å². The van der Waals surface area contributed by atoms with E-state index < -0.39 is 0 Å². The van der Waals surface area contributed by atoms with Gasteiger partial charge in [-0.2, -0.15) is 0 Å². The van der Waals surface area contributed by atoms with Crippen LogP contribution in [0.4, 0.5) is 11.4 Å². The number of hydrogen-bond donors (Lipinski definition) is 1. The van der Waals surface area contributed by atoms with Gasteiger partial charge in [0.25, 0.3) is 10.9 Å². The molecule has 1 atom stereocenters. The molecular weight excluding hydrogens is 366 g/mol. The summed E-state index contributed by atoms with van der Waals surface area (Å²) in [7, 11) is 4.23. The Bertz CT molecular complexity index is 876. The first-order chi connectivity index (χ1) is 14.0. The van der Waals surface area contributed by atoms with Crippen molar-refractivity contribution < 1.29 is 0 Å². The minimum Gasteiger partial charge on any atom is -0.378 e. The number of hydrogen-bond acceptors (Lipinski definition) is 7. The molecule has 1 N–H and O–H groups in total. The molecule has 2 aliphatic rings. The van der Waals surface area contributed by atoms with Crippen LogP contribution in [0.3, 0.4) is 0 Å². The molecule has 0 spiro atoms. The average Bonchev–Trinajstić information content (AvgIpc) is 2.75. The highest BCUT2D eigenvalue weighted by atomic mass is 16.2. The molecule has 2 fully saturated rings. The summed E-state index contributed by atoms with van der Waals surface area (Å²) in [5.74, 6) is 0. The third-order valence-corrected chi connectivity index (χ3v) is 6.34. The molecule has 2 aliphatic heterocycles. The molecule has 0 amide bonds. The molecule has 0 aliphatic carbocycles. The fourth-order valence-electron chi connectivity index (χ4n) is 4.34. The SMILES string of the molecule is CN1CCN(c2c(NC[C@@H](c3ccccc3)N3CCN(C)CC3)c(=O)c2=O)CC1. The van der Waals surface area contributed by atoms with E-state index in [-0.39, 0.29) is 16.9 Å². The molecule has 0 bridgehead atoms. The van der Waals surface area contributed by atoms with E-state index in [9.17, 15) is 9.59 Å². The van der Waals surface area contributed by atoms with Crippen LogP contribution in [-0.4, -0.2) is 87.7 Å². The van der Waals surface area contributed by atoms with Gasteiger partial charge in [-0.05, 0) is 19.7 Å². The van der Waals surface area contributed by atoms with Gasteiger partial charge >= 0.3 is 0 Å². The van der Waals surface area contributed by atoms with Crippen LogP contribution in [0.1, 0.15) is 11.6 Å². The van der Waals surface area contributed by atoms with Crippen molar-refractivity contribution >= 4 is 11.4 Å². The summed E-state index contributed by atoms with van der Waals surface area (Å²) in [6.07, 6.45) is 0. The first kappa shape index (κ1) is 20.1. The summed E-state index contributed by atoms with van der Waals surface area (Å²) >= 11 is 0. The van der Waals surface area contributed by atoms with Crippen molar-refractivity contribution in [2.24, 2.45) is 0 Å². The van der Waals surface area contributed by atoms with E-state index in [0.717, 1.165) is 52.4 Å². The second-order valence-electron chi connectivity index (χ2n) is 8.32. The summed E-state index contributed by atoms with van der Waals surface area (Å²) in [5.41, 5.74) is 1.63. The number of benzene rings is 1. The first-order valence-corrected chi connectivity index (χ1v) is 10.5. The molecular formula is C22H31N5O2. The highest BCUT2D eigenvalue weighted by Gasteiger charge is 2.30. The first-order valence-electron chi connectivity index (χ1n) is 10.5. The van der Waals surface area contributed by atoms with Crippen molar-refractivity contribution in [2.45, 2.75) is 6.04 Å². The second-order valence-corrected chi connectivity index (χ2v) is 8.32. The maximum absolute atomic E-state index is 12.3. The number of piperazine rings is 2. The fraction of sp³-hybridized carbons (Fsp3) is 0.545. The zero-order chi connectivity index (χ0) is 20.4. The van der Waals surface area contributed by atoms with Crippen LogP contribution in [-0.2, 0) is 0 Å². The Labute approximate surface area is 172 Å². The molecule has 7 nitrogen and oxygen atoms in total. The van der Waals surface area contributed by atoms with E-state index in [1.165, 1.54) is 5.56 Å². The van der Waals surface area contributed by atoms with Gasteiger partial charge in [-0.25, -0.2) is 0 Å². The summed E-state index contributed by atoms with van der Waals surface area (Å²) in [5, 5.41) is 3.36. The van der Waals surface area contributed by atoms with Crippen molar-refractivity contribution in [3.8, 4) is 0 Å². The van der Waals surface area contributed by atoms with E-state index in [0.29, 0.717) is 17.9 Å². The Morgan fingerprint density at radius 3 is 2.03 bits per heavy atom. The number of likely N-dealkylation sites (N-methyl/N-ethyl adjacent to an activating group) is 2. The molecule has 2 aromatic rings. The van der Waals surface area contributed by atoms with Gasteiger partial charge in [0.15, 0.2) is 0 Å². The summed E-state index contributed by atoms with van der Waals surface area (Å²) in [6, 6.07) is 10.6. The molecule has 0 aromatic heterocycles. The van der Waals surface area contributed by atoms with Crippen LogP contribution in [0.15, 0.2) is 39.9 Å². The number of nitrogens with zero attached hydrogens (tertiary/aromatic N) is 4. The van der Waals surface area contributed by atoms with Crippen LogP contribution < -0.4 is 21.1 Å². The molecule has 2 aromatic carbocycles. The quantitative estimate of drug-likeness (QED) is 0.710. The van der Waals surface area contributed by atoms with Gasteiger partial charge in [0, 0.05) is 58.9 Å². The molecule has 2 saturated heterocycles. The highest BCUT2D eigenvalue weighted by molar-refractivity contribution is 5.75. The monoisotopic (exact) mass is 397 g/mol. The number of rotatable bonds is 6. The molecule has 7 heteroatoms. The van der Waals surface area contributed by atoms with E-state index in [4.69, 9.17) is 0 Å². The Hall–Kier alpha value is -2.22. The third-order valence-electron chi connectivity index (χ3n) is 6.34. The predicted octanol–water partition coefficient (Wildman–Crippen LogP) is 0.435. The van der Waals surface area contributed by atoms with Crippen molar-refractivity contribution in [3.63, 3.8) is 0 Å². The van der Waals surface area contributed by atoms with Crippen molar-refractivity contribution in [2.75, 3.05) is 83.2 Å². The Morgan fingerprint density at radius 2 is 1.41 bits per heavy atom. The Kier molecular flexibility index (Phi) is 5.99. The van der Waals surface area contributed by atoms with Crippen LogP contribution in [0, 0.1) is 0 Å². The lowest BCUT2D eigenvalue weighted by molar-refractivity contribution is 0.116. The van der Waals surface area contributed by atoms with E-state index in [1.54, 1.807) is 0 Å². The lowest BCUT2D eigenvalue weighted by atomic mass is 10.0. The standard InChI is InChI=1S/C22H31N5O2/c1-24-8-12-26(13-9-24)18(17-6-4-3-5-7-17)16-23-19-20(22(29)21(19)28)27-14-10-25(2)11-15-27/h3-7,18,23H,8-16H2,1-2H3/t18-/m0/s1. The van der Waals surface area contributed by atoms with E-state index in [2.05, 4.69) is 63.3 Å². The normalized spacial score (nSPS) is 20.8. The zero-order valence-corrected chi connectivity index (χ0v) is 17.4. The average molecular weight is 398 g/mol. The van der Waals surface area contributed by atoms with Crippen LogP contribution >= 0.6 is 0 Å². The van der Waals surface area contributed by atoms with Crippen LogP contribution in [0.25, 0.3) is 0 Å². The molecule has 0 radical (unpaired) electrons. The largest absolute Gasteiger partial charge is 0.378 e. The minimum absolute atomic E-state index is 0.176. The van der Waals surface area contributed by atoms with Gasteiger partial charge in [-0.3, -0.25) is 14.5 Å². The highest BCUT2D eigenvalue weighted by Crippen LogP contribution is 2.26.